The normalized spacial score (nSPS) is 22.8. The smallest absolute Gasteiger partial charge is 0.253 e. The van der Waals surface area contributed by atoms with Gasteiger partial charge in [0.2, 0.25) is 10.0 Å². The molecule has 1 amide bonds. The minimum atomic E-state index is -3.53. The van der Waals surface area contributed by atoms with Crippen molar-refractivity contribution < 1.29 is 13.2 Å². The first-order valence-corrected chi connectivity index (χ1v) is 10.7. The van der Waals surface area contributed by atoms with Gasteiger partial charge in [-0.2, -0.15) is 4.31 Å². The molecule has 0 aromatic heterocycles. The number of nitrogens with zero attached hydrogens (tertiary/aromatic N) is 2. The largest absolute Gasteiger partial charge is 0.338 e. The summed E-state index contributed by atoms with van der Waals surface area (Å²) >= 11 is 0. The van der Waals surface area contributed by atoms with E-state index >= 15 is 0 Å². The zero-order valence-corrected chi connectivity index (χ0v) is 16.0. The number of likely N-dealkylation sites (tertiary alicyclic amines) is 1. The van der Waals surface area contributed by atoms with Gasteiger partial charge < -0.3 is 4.90 Å². The van der Waals surface area contributed by atoms with Gasteiger partial charge in [0.25, 0.3) is 5.91 Å². The Morgan fingerprint density at radius 2 is 1.80 bits per heavy atom. The van der Waals surface area contributed by atoms with Crippen LogP contribution in [0.4, 0.5) is 0 Å². The Labute approximate surface area is 151 Å². The third-order valence-electron chi connectivity index (χ3n) is 5.31. The fourth-order valence-electron chi connectivity index (χ4n) is 3.81. The number of hydrogen-bond acceptors (Lipinski definition) is 3. The number of sulfonamides is 1. The molecule has 138 valence electrons. The van der Waals surface area contributed by atoms with Crippen molar-refractivity contribution in [2.75, 3.05) is 26.2 Å². The molecular formula is C19H28N2O3S. The van der Waals surface area contributed by atoms with Crippen LogP contribution in [0.5, 0.6) is 0 Å². The van der Waals surface area contributed by atoms with Crippen LogP contribution in [0.15, 0.2) is 23.1 Å². The van der Waals surface area contributed by atoms with Crippen molar-refractivity contribution in [1.29, 1.82) is 0 Å². The summed E-state index contributed by atoms with van der Waals surface area (Å²) < 4.78 is 27.6. The number of benzene rings is 1. The first kappa shape index (κ1) is 18.4. The third kappa shape index (κ3) is 3.90. The van der Waals surface area contributed by atoms with Gasteiger partial charge in [0.1, 0.15) is 0 Å². The number of amides is 1. The van der Waals surface area contributed by atoms with Crippen LogP contribution in [0.1, 0.15) is 54.9 Å². The fourth-order valence-corrected chi connectivity index (χ4v) is 5.58. The number of carbonyl (C=O) groups is 1. The van der Waals surface area contributed by atoms with Gasteiger partial charge in [0.15, 0.2) is 0 Å². The third-order valence-corrected chi connectivity index (χ3v) is 7.35. The lowest BCUT2D eigenvalue weighted by atomic mass is 9.99. The Morgan fingerprint density at radius 3 is 2.48 bits per heavy atom. The van der Waals surface area contributed by atoms with E-state index in [1.165, 1.54) is 0 Å². The van der Waals surface area contributed by atoms with Gasteiger partial charge in [-0.1, -0.05) is 19.4 Å². The SMILES string of the molecule is Cc1ccc(C(=O)N2CCC[C@@H](C)C2)cc1S(=O)(=O)N1CCCCC1. The number of piperidine rings is 2. The van der Waals surface area contributed by atoms with Crippen molar-refractivity contribution in [2.24, 2.45) is 5.92 Å². The minimum Gasteiger partial charge on any atom is -0.338 e. The van der Waals surface area contributed by atoms with Crippen LogP contribution in [0, 0.1) is 12.8 Å². The van der Waals surface area contributed by atoms with E-state index in [9.17, 15) is 13.2 Å². The first-order valence-electron chi connectivity index (χ1n) is 9.29. The zero-order valence-electron chi connectivity index (χ0n) is 15.2. The Bertz CT molecular complexity index is 739. The number of hydrogen-bond donors (Lipinski definition) is 0. The van der Waals surface area contributed by atoms with Gasteiger partial charge in [-0.25, -0.2) is 8.42 Å². The van der Waals surface area contributed by atoms with Crippen LogP contribution in [0.25, 0.3) is 0 Å². The van der Waals surface area contributed by atoms with Crippen LogP contribution in [0.2, 0.25) is 0 Å². The van der Waals surface area contributed by atoms with E-state index in [0.717, 1.165) is 45.2 Å². The van der Waals surface area contributed by atoms with E-state index in [1.54, 1.807) is 29.4 Å². The lowest BCUT2D eigenvalue weighted by Gasteiger charge is -2.31. The second kappa shape index (κ2) is 7.46. The molecule has 2 saturated heterocycles. The molecule has 0 aliphatic carbocycles. The standard InChI is InChI=1S/C19H28N2O3S/c1-15-7-6-10-20(14-15)19(22)17-9-8-16(2)18(13-17)25(23,24)21-11-4-3-5-12-21/h8-9,13,15H,3-7,10-12,14H2,1-2H3/t15-/m1/s1. The van der Waals surface area contributed by atoms with Crippen LogP contribution < -0.4 is 0 Å². The molecule has 0 spiro atoms. The molecule has 0 N–H and O–H groups in total. The maximum absolute atomic E-state index is 13.0. The highest BCUT2D eigenvalue weighted by Gasteiger charge is 2.29. The Hall–Kier alpha value is -1.40. The lowest BCUT2D eigenvalue weighted by molar-refractivity contribution is 0.0683. The van der Waals surface area contributed by atoms with Gasteiger partial charge in [-0.3, -0.25) is 4.79 Å². The van der Waals surface area contributed by atoms with Gasteiger partial charge in [-0.15, -0.1) is 0 Å². The van der Waals surface area contributed by atoms with E-state index < -0.39 is 10.0 Å². The minimum absolute atomic E-state index is 0.0540. The molecule has 2 fully saturated rings. The molecule has 2 heterocycles. The molecule has 2 aliphatic heterocycles. The zero-order chi connectivity index (χ0) is 18.0. The molecule has 25 heavy (non-hydrogen) atoms. The van der Waals surface area contributed by atoms with Crippen molar-refractivity contribution in [3.63, 3.8) is 0 Å². The van der Waals surface area contributed by atoms with Crippen LogP contribution in [-0.2, 0) is 10.0 Å². The number of rotatable bonds is 3. The summed E-state index contributed by atoms with van der Waals surface area (Å²) in [7, 11) is -3.53. The predicted octanol–water partition coefficient (Wildman–Crippen LogP) is 3.04. The predicted molar refractivity (Wildman–Crippen MR) is 98.1 cm³/mol. The Balaban J connectivity index is 1.88. The summed E-state index contributed by atoms with van der Waals surface area (Å²) in [6.45, 7) is 6.61. The second-order valence-electron chi connectivity index (χ2n) is 7.44. The number of aryl methyl sites for hydroxylation is 1. The van der Waals surface area contributed by atoms with Gasteiger partial charge in [-0.05, 0) is 56.2 Å². The van der Waals surface area contributed by atoms with Crippen LogP contribution >= 0.6 is 0 Å². The highest BCUT2D eigenvalue weighted by atomic mass is 32.2. The van der Waals surface area contributed by atoms with E-state index in [1.807, 2.05) is 4.90 Å². The summed E-state index contributed by atoms with van der Waals surface area (Å²) in [6, 6.07) is 5.10. The van der Waals surface area contributed by atoms with Crippen molar-refractivity contribution >= 4 is 15.9 Å². The molecule has 6 heteroatoms. The molecule has 0 radical (unpaired) electrons. The van der Waals surface area contributed by atoms with E-state index in [4.69, 9.17) is 0 Å². The maximum Gasteiger partial charge on any atom is 0.253 e. The highest BCUT2D eigenvalue weighted by Crippen LogP contribution is 2.26. The number of carbonyl (C=O) groups excluding carboxylic acids is 1. The molecule has 1 aromatic carbocycles. The molecule has 0 saturated carbocycles. The summed E-state index contributed by atoms with van der Waals surface area (Å²) in [5.74, 6) is 0.446. The van der Waals surface area contributed by atoms with Crippen LogP contribution in [0.3, 0.4) is 0 Å². The highest BCUT2D eigenvalue weighted by molar-refractivity contribution is 7.89. The summed E-state index contributed by atoms with van der Waals surface area (Å²) in [4.78, 5) is 15.0. The van der Waals surface area contributed by atoms with Crippen molar-refractivity contribution in [3.8, 4) is 0 Å². The Morgan fingerprint density at radius 1 is 1.08 bits per heavy atom. The van der Waals surface area contributed by atoms with Gasteiger partial charge in [0.05, 0.1) is 4.90 Å². The Kier molecular flexibility index (Phi) is 5.49. The average Bonchev–Trinajstić information content (AvgIpc) is 2.62. The van der Waals surface area contributed by atoms with E-state index in [0.29, 0.717) is 30.1 Å². The van der Waals surface area contributed by atoms with Crippen LogP contribution in [-0.4, -0.2) is 49.7 Å². The first-order chi connectivity index (χ1) is 11.9. The van der Waals surface area contributed by atoms with Gasteiger partial charge >= 0.3 is 0 Å². The molecule has 0 bridgehead atoms. The molecule has 5 nitrogen and oxygen atoms in total. The van der Waals surface area contributed by atoms with Crippen molar-refractivity contribution in [3.05, 3.63) is 29.3 Å². The molecular weight excluding hydrogens is 336 g/mol. The summed E-state index contributed by atoms with van der Waals surface area (Å²) in [6.07, 6.45) is 5.05. The van der Waals surface area contributed by atoms with Crippen molar-refractivity contribution in [1.82, 2.24) is 9.21 Å². The molecule has 0 unspecified atom stereocenters. The summed E-state index contributed by atoms with van der Waals surface area (Å²) in [5.41, 5.74) is 1.18. The van der Waals surface area contributed by atoms with Crippen molar-refractivity contribution in [2.45, 2.75) is 50.8 Å². The van der Waals surface area contributed by atoms with E-state index in [2.05, 4.69) is 6.92 Å². The quantitative estimate of drug-likeness (QED) is 0.828. The fraction of sp³-hybridized carbons (Fsp3) is 0.632. The topological polar surface area (TPSA) is 57.7 Å². The average molecular weight is 365 g/mol. The van der Waals surface area contributed by atoms with Gasteiger partial charge in [0, 0.05) is 31.7 Å². The lowest BCUT2D eigenvalue weighted by Crippen LogP contribution is -2.39. The maximum atomic E-state index is 13.0. The molecule has 2 aliphatic rings. The molecule has 3 rings (SSSR count). The van der Waals surface area contributed by atoms with E-state index in [-0.39, 0.29) is 10.8 Å². The molecule has 1 aromatic rings. The monoisotopic (exact) mass is 364 g/mol. The second-order valence-corrected chi connectivity index (χ2v) is 9.35. The molecule has 1 atom stereocenters. The summed E-state index contributed by atoms with van der Waals surface area (Å²) in [5, 5.41) is 0.